The maximum absolute atomic E-state index is 11.9. The van der Waals surface area contributed by atoms with Crippen molar-refractivity contribution in [3.8, 4) is 5.75 Å². The summed E-state index contributed by atoms with van der Waals surface area (Å²) in [5.41, 5.74) is -0.175. The average molecular weight is 468 g/mol. The molecule has 1 amide bonds. The molecule has 180 valence electrons. The van der Waals surface area contributed by atoms with Gasteiger partial charge in [0.25, 0.3) is 5.69 Å². The number of nitro groups is 1. The van der Waals surface area contributed by atoms with E-state index < -0.39 is 59.4 Å². The number of nitrogens with zero attached hydrogens (tertiary/aromatic N) is 1. The summed E-state index contributed by atoms with van der Waals surface area (Å²) in [4.78, 5) is 57.0. The quantitative estimate of drug-likeness (QED) is 0.246. The Bertz CT molecular complexity index is 902. The molecule has 0 radical (unpaired) electrons. The summed E-state index contributed by atoms with van der Waals surface area (Å²) in [6.07, 6.45) is -4.96. The Morgan fingerprint density at radius 1 is 0.970 bits per heavy atom. The molecule has 1 aliphatic heterocycles. The first-order chi connectivity index (χ1) is 15.5. The first kappa shape index (κ1) is 25.5. The summed E-state index contributed by atoms with van der Waals surface area (Å²) in [5.74, 6) is -2.50. The molecule has 1 aromatic carbocycles. The molecule has 1 fully saturated rings. The summed E-state index contributed by atoms with van der Waals surface area (Å²) < 4.78 is 27.2. The van der Waals surface area contributed by atoms with Crippen molar-refractivity contribution in [3.63, 3.8) is 0 Å². The molecular formula is C20H24N2O11. The molecule has 1 aromatic rings. The molecule has 33 heavy (non-hydrogen) atoms. The number of esters is 3. The van der Waals surface area contributed by atoms with E-state index in [-0.39, 0.29) is 18.0 Å². The van der Waals surface area contributed by atoms with Gasteiger partial charge in [0.2, 0.25) is 12.2 Å². The number of hydrogen-bond donors (Lipinski definition) is 1. The summed E-state index contributed by atoms with van der Waals surface area (Å²) in [6, 6.07) is 3.87. The first-order valence-electron chi connectivity index (χ1n) is 9.79. The maximum atomic E-state index is 11.9. The minimum absolute atomic E-state index is 0.139. The van der Waals surface area contributed by atoms with Gasteiger partial charge in [-0.25, -0.2) is 0 Å². The molecule has 1 N–H and O–H groups in total. The third-order valence-electron chi connectivity index (χ3n) is 4.37. The zero-order chi connectivity index (χ0) is 24.7. The fourth-order valence-corrected chi connectivity index (χ4v) is 3.17. The molecule has 1 heterocycles. The third kappa shape index (κ3) is 7.42. The third-order valence-corrected chi connectivity index (χ3v) is 4.37. The van der Waals surface area contributed by atoms with Gasteiger partial charge in [-0.15, -0.1) is 0 Å². The molecule has 13 heteroatoms. The summed E-state index contributed by atoms with van der Waals surface area (Å²) >= 11 is 0. The minimum Gasteiger partial charge on any atom is -0.463 e. The van der Waals surface area contributed by atoms with Crippen LogP contribution in [0, 0.1) is 10.1 Å². The van der Waals surface area contributed by atoms with Crippen molar-refractivity contribution in [1.82, 2.24) is 5.32 Å². The van der Waals surface area contributed by atoms with Crippen LogP contribution in [0.3, 0.4) is 0 Å². The fourth-order valence-electron chi connectivity index (χ4n) is 3.17. The fraction of sp³-hybridized carbons (Fsp3) is 0.500. The van der Waals surface area contributed by atoms with Crippen molar-refractivity contribution in [2.24, 2.45) is 0 Å². The van der Waals surface area contributed by atoms with Gasteiger partial charge in [-0.2, -0.15) is 0 Å². The lowest BCUT2D eigenvalue weighted by atomic mass is 9.96. The number of hydrogen-bond acceptors (Lipinski definition) is 11. The number of nitro benzene ring substituents is 1. The number of benzene rings is 1. The van der Waals surface area contributed by atoms with E-state index in [9.17, 15) is 29.3 Å². The lowest BCUT2D eigenvalue weighted by Gasteiger charge is -2.44. The number of non-ortho nitro benzene ring substituents is 1. The monoisotopic (exact) mass is 468 g/mol. The van der Waals surface area contributed by atoms with Gasteiger partial charge in [0.05, 0.1) is 4.92 Å². The molecule has 1 aliphatic rings. The Morgan fingerprint density at radius 3 is 2.03 bits per heavy atom. The summed E-state index contributed by atoms with van der Waals surface area (Å²) in [7, 11) is 0. The molecule has 0 spiro atoms. The molecule has 2 rings (SSSR count). The van der Waals surface area contributed by atoms with Crippen molar-refractivity contribution in [3.05, 3.63) is 34.4 Å². The van der Waals surface area contributed by atoms with Crippen molar-refractivity contribution >= 4 is 29.5 Å². The van der Waals surface area contributed by atoms with Crippen LogP contribution in [0.4, 0.5) is 5.69 Å². The number of nitrogens with one attached hydrogen (secondary N) is 1. The van der Waals surface area contributed by atoms with Gasteiger partial charge in [0, 0.05) is 39.8 Å². The van der Waals surface area contributed by atoms with E-state index in [0.29, 0.717) is 0 Å². The van der Waals surface area contributed by atoms with Crippen LogP contribution in [-0.2, 0) is 38.1 Å². The second-order valence-corrected chi connectivity index (χ2v) is 7.09. The van der Waals surface area contributed by atoms with E-state index in [1.807, 2.05) is 0 Å². The van der Waals surface area contributed by atoms with Crippen LogP contribution < -0.4 is 10.1 Å². The summed E-state index contributed by atoms with van der Waals surface area (Å²) in [5, 5.41) is 13.4. The van der Waals surface area contributed by atoms with Gasteiger partial charge >= 0.3 is 17.9 Å². The number of amides is 1. The Morgan fingerprint density at radius 2 is 1.55 bits per heavy atom. The van der Waals surface area contributed by atoms with Crippen LogP contribution in [0.25, 0.3) is 0 Å². The standard InChI is InChI=1S/C20H24N2O11/c1-10(23)21-17-19(31-13(4)26)18(30-12(3)25)16(9-29-11(2)24)33-20(17)32-15-7-5-14(6-8-15)22(27)28/h5-8,16-20H,9H2,1-4H3,(H,21,23)/t16-,17+,18+,19-,20-/m1/s1. The second kappa shape index (κ2) is 11.2. The highest BCUT2D eigenvalue weighted by atomic mass is 16.7. The summed E-state index contributed by atoms with van der Waals surface area (Å²) in [6.45, 7) is 4.24. The average Bonchev–Trinajstić information content (AvgIpc) is 2.70. The number of carbonyl (C=O) groups excluding carboxylic acids is 4. The molecule has 1 saturated heterocycles. The molecule has 0 bridgehead atoms. The lowest BCUT2D eigenvalue weighted by molar-refractivity contribution is -0.384. The van der Waals surface area contributed by atoms with E-state index in [0.717, 1.165) is 20.8 Å². The van der Waals surface area contributed by atoms with Crippen LogP contribution in [0.1, 0.15) is 27.7 Å². The van der Waals surface area contributed by atoms with E-state index in [1.165, 1.54) is 31.2 Å². The first-order valence-corrected chi connectivity index (χ1v) is 9.79. The second-order valence-electron chi connectivity index (χ2n) is 7.09. The van der Waals surface area contributed by atoms with Crippen molar-refractivity contribution in [2.75, 3.05) is 6.61 Å². The van der Waals surface area contributed by atoms with Crippen LogP contribution in [0.2, 0.25) is 0 Å². The smallest absolute Gasteiger partial charge is 0.303 e. The maximum Gasteiger partial charge on any atom is 0.303 e. The Hall–Kier alpha value is -3.74. The van der Waals surface area contributed by atoms with Gasteiger partial charge in [0.1, 0.15) is 24.5 Å². The highest BCUT2D eigenvalue weighted by Gasteiger charge is 2.51. The van der Waals surface area contributed by atoms with Crippen LogP contribution in [0.15, 0.2) is 24.3 Å². The molecule has 0 saturated carbocycles. The molecule has 13 nitrogen and oxygen atoms in total. The van der Waals surface area contributed by atoms with E-state index in [2.05, 4.69) is 5.32 Å². The molecule has 5 atom stereocenters. The van der Waals surface area contributed by atoms with Gasteiger partial charge in [0.15, 0.2) is 12.2 Å². The molecule has 0 aromatic heterocycles. The SMILES string of the molecule is CC(=O)N[C@@H]1[C@H](Oc2ccc([N+](=O)[O-])cc2)O[C@H](COC(C)=O)[C@H](OC(C)=O)[C@@H]1OC(C)=O. The number of carbonyl (C=O) groups is 4. The van der Waals surface area contributed by atoms with E-state index in [4.69, 9.17) is 23.7 Å². The van der Waals surface area contributed by atoms with E-state index >= 15 is 0 Å². The zero-order valence-corrected chi connectivity index (χ0v) is 18.3. The van der Waals surface area contributed by atoms with Crippen molar-refractivity contribution in [2.45, 2.75) is 58.3 Å². The van der Waals surface area contributed by atoms with Gasteiger partial charge < -0.3 is 29.0 Å². The lowest BCUT2D eigenvalue weighted by Crippen LogP contribution is -2.67. The zero-order valence-electron chi connectivity index (χ0n) is 18.3. The van der Waals surface area contributed by atoms with E-state index in [1.54, 1.807) is 0 Å². The van der Waals surface area contributed by atoms with Crippen LogP contribution in [-0.4, -0.2) is 66.0 Å². The Balaban J connectivity index is 2.43. The topological polar surface area (TPSA) is 170 Å². The number of ether oxygens (including phenoxy) is 5. The largest absolute Gasteiger partial charge is 0.463 e. The number of rotatable bonds is 8. The van der Waals surface area contributed by atoms with Gasteiger partial charge in [-0.3, -0.25) is 29.3 Å². The van der Waals surface area contributed by atoms with Crippen molar-refractivity contribution < 1.29 is 47.8 Å². The molecular weight excluding hydrogens is 444 g/mol. The molecule has 0 unspecified atom stereocenters. The van der Waals surface area contributed by atoms with Crippen molar-refractivity contribution in [1.29, 1.82) is 0 Å². The Labute approximate surface area is 188 Å². The van der Waals surface area contributed by atoms with Gasteiger partial charge in [-0.1, -0.05) is 0 Å². The highest BCUT2D eigenvalue weighted by Crippen LogP contribution is 2.29. The van der Waals surface area contributed by atoms with Crippen LogP contribution >= 0.6 is 0 Å². The highest BCUT2D eigenvalue weighted by molar-refractivity contribution is 5.73. The normalized spacial score (nSPS) is 24.2. The van der Waals surface area contributed by atoms with Gasteiger partial charge in [-0.05, 0) is 12.1 Å². The molecule has 0 aliphatic carbocycles. The minimum atomic E-state index is -1.31. The van der Waals surface area contributed by atoms with Crippen LogP contribution in [0.5, 0.6) is 5.75 Å². The Kier molecular flexibility index (Phi) is 8.68. The predicted octanol–water partition coefficient (Wildman–Crippen LogP) is 0.630. The predicted molar refractivity (Wildman–Crippen MR) is 108 cm³/mol.